The molecule has 0 aliphatic rings. The summed E-state index contributed by atoms with van der Waals surface area (Å²) in [5, 5.41) is 3.24. The lowest BCUT2D eigenvalue weighted by Crippen LogP contribution is -2.08. The summed E-state index contributed by atoms with van der Waals surface area (Å²) in [6.45, 7) is 2.04. The Balaban J connectivity index is 2.12. The van der Waals surface area contributed by atoms with E-state index in [1.165, 1.54) is 0 Å². The van der Waals surface area contributed by atoms with Crippen LogP contribution in [0, 0.1) is 0 Å². The van der Waals surface area contributed by atoms with Gasteiger partial charge in [-0.25, -0.2) is 4.98 Å². The lowest BCUT2D eigenvalue weighted by atomic mass is 10.2. The number of nitrogens with two attached hydrogens (primary N) is 2. The number of nitrogen functional groups attached to an aromatic ring is 2. The van der Waals surface area contributed by atoms with E-state index in [4.69, 9.17) is 23.1 Å². The predicted octanol–water partition coefficient (Wildman–Crippen LogP) is 3.13. The minimum Gasteiger partial charge on any atom is -0.396 e. The van der Waals surface area contributed by atoms with Crippen LogP contribution < -0.4 is 16.8 Å². The van der Waals surface area contributed by atoms with Crippen LogP contribution in [-0.4, -0.2) is 4.98 Å². The molecule has 0 bridgehead atoms. The number of thiophene rings is 1. The molecule has 0 radical (unpaired) electrons. The number of anilines is 3. The number of nitrogens with one attached hydrogen (secondary N) is 1. The molecule has 0 amide bonds. The van der Waals surface area contributed by atoms with E-state index < -0.39 is 0 Å². The molecule has 2 aromatic rings. The van der Waals surface area contributed by atoms with Crippen molar-refractivity contribution in [1.29, 1.82) is 0 Å². The predicted molar refractivity (Wildman–Crippen MR) is 74.4 cm³/mol. The average molecular weight is 269 g/mol. The van der Waals surface area contributed by atoms with Crippen LogP contribution in [0.25, 0.3) is 0 Å². The second kappa shape index (κ2) is 4.81. The van der Waals surface area contributed by atoms with E-state index in [2.05, 4.69) is 10.3 Å². The first-order chi connectivity index (χ1) is 8.06. The molecule has 0 aromatic carbocycles. The summed E-state index contributed by atoms with van der Waals surface area (Å²) >= 11 is 7.43. The number of hydrogen-bond acceptors (Lipinski definition) is 5. The van der Waals surface area contributed by atoms with Gasteiger partial charge in [0, 0.05) is 4.88 Å². The maximum absolute atomic E-state index is 5.89. The number of aromatic nitrogens is 1. The van der Waals surface area contributed by atoms with Gasteiger partial charge in [-0.3, -0.25) is 0 Å². The molecular formula is C11H13ClN4S. The van der Waals surface area contributed by atoms with E-state index in [0.29, 0.717) is 17.3 Å². The van der Waals surface area contributed by atoms with Gasteiger partial charge in [0.2, 0.25) is 0 Å². The summed E-state index contributed by atoms with van der Waals surface area (Å²) in [4.78, 5) is 5.30. The summed E-state index contributed by atoms with van der Waals surface area (Å²) in [6, 6.07) is 7.54. The second-order valence-electron chi connectivity index (χ2n) is 3.68. The third kappa shape index (κ3) is 2.81. The molecule has 6 heteroatoms. The first-order valence-corrected chi connectivity index (χ1v) is 6.29. The molecule has 0 spiro atoms. The van der Waals surface area contributed by atoms with Crippen molar-refractivity contribution in [2.45, 2.75) is 13.0 Å². The zero-order valence-electron chi connectivity index (χ0n) is 9.27. The SMILES string of the molecule is CC(Nc1ccc(N)c(N)n1)c1ccc(Cl)s1. The Kier molecular flexibility index (Phi) is 3.40. The fourth-order valence-electron chi connectivity index (χ4n) is 1.42. The lowest BCUT2D eigenvalue weighted by Gasteiger charge is -2.13. The molecule has 0 saturated heterocycles. The van der Waals surface area contributed by atoms with Crippen molar-refractivity contribution < 1.29 is 0 Å². The van der Waals surface area contributed by atoms with Gasteiger partial charge >= 0.3 is 0 Å². The van der Waals surface area contributed by atoms with Crippen LogP contribution in [-0.2, 0) is 0 Å². The summed E-state index contributed by atoms with van der Waals surface area (Å²) < 4.78 is 0.776. The highest BCUT2D eigenvalue weighted by Gasteiger charge is 2.09. The molecule has 0 aliphatic heterocycles. The molecule has 90 valence electrons. The Morgan fingerprint density at radius 1 is 1.29 bits per heavy atom. The zero-order valence-corrected chi connectivity index (χ0v) is 10.8. The maximum Gasteiger partial charge on any atom is 0.149 e. The van der Waals surface area contributed by atoms with Gasteiger partial charge in [0.1, 0.15) is 11.6 Å². The molecule has 2 aromatic heterocycles. The zero-order chi connectivity index (χ0) is 12.4. The highest BCUT2D eigenvalue weighted by molar-refractivity contribution is 7.16. The molecule has 5 N–H and O–H groups in total. The Labute approximate surface area is 109 Å². The number of nitrogens with zero attached hydrogens (tertiary/aromatic N) is 1. The molecular weight excluding hydrogens is 256 g/mol. The number of halogens is 1. The topological polar surface area (TPSA) is 77.0 Å². The van der Waals surface area contributed by atoms with Crippen LogP contribution in [0.3, 0.4) is 0 Å². The fraction of sp³-hybridized carbons (Fsp3) is 0.182. The van der Waals surface area contributed by atoms with Gasteiger partial charge in [0.25, 0.3) is 0 Å². The van der Waals surface area contributed by atoms with Crippen molar-refractivity contribution in [1.82, 2.24) is 4.98 Å². The normalized spacial score (nSPS) is 12.4. The Hall–Kier alpha value is -1.46. The van der Waals surface area contributed by atoms with E-state index in [1.807, 2.05) is 19.1 Å². The summed E-state index contributed by atoms with van der Waals surface area (Å²) in [7, 11) is 0. The monoisotopic (exact) mass is 268 g/mol. The van der Waals surface area contributed by atoms with Gasteiger partial charge in [-0.2, -0.15) is 0 Å². The molecule has 2 rings (SSSR count). The molecule has 1 unspecified atom stereocenters. The van der Waals surface area contributed by atoms with Crippen LogP contribution in [0.1, 0.15) is 17.8 Å². The third-order valence-electron chi connectivity index (χ3n) is 2.34. The van der Waals surface area contributed by atoms with Crippen molar-refractivity contribution in [2.24, 2.45) is 0 Å². The van der Waals surface area contributed by atoms with E-state index in [0.717, 1.165) is 9.21 Å². The molecule has 1 atom stereocenters. The van der Waals surface area contributed by atoms with E-state index >= 15 is 0 Å². The molecule has 2 heterocycles. The summed E-state index contributed by atoms with van der Waals surface area (Å²) in [6.07, 6.45) is 0. The number of rotatable bonds is 3. The van der Waals surface area contributed by atoms with Crippen molar-refractivity contribution in [3.63, 3.8) is 0 Å². The molecule has 0 fully saturated rings. The summed E-state index contributed by atoms with van der Waals surface area (Å²) in [5.74, 6) is 1.04. The van der Waals surface area contributed by atoms with Gasteiger partial charge in [-0.15, -0.1) is 11.3 Å². The van der Waals surface area contributed by atoms with Crippen LogP contribution in [0.15, 0.2) is 24.3 Å². The van der Waals surface area contributed by atoms with Crippen molar-refractivity contribution >= 4 is 40.3 Å². The Morgan fingerprint density at radius 3 is 2.65 bits per heavy atom. The Morgan fingerprint density at radius 2 is 2.06 bits per heavy atom. The Bertz CT molecular complexity index is 526. The molecule has 0 saturated carbocycles. The minimum atomic E-state index is 0.128. The van der Waals surface area contributed by atoms with Gasteiger partial charge in [-0.05, 0) is 31.2 Å². The third-order valence-corrected chi connectivity index (χ3v) is 3.76. The van der Waals surface area contributed by atoms with Crippen LogP contribution >= 0.6 is 22.9 Å². The fourth-order valence-corrected chi connectivity index (χ4v) is 2.48. The molecule has 17 heavy (non-hydrogen) atoms. The first kappa shape index (κ1) is 12.0. The highest BCUT2D eigenvalue weighted by atomic mass is 35.5. The van der Waals surface area contributed by atoms with Gasteiger partial charge in [0.15, 0.2) is 0 Å². The maximum atomic E-state index is 5.89. The minimum absolute atomic E-state index is 0.128. The quantitative estimate of drug-likeness (QED) is 0.799. The molecule has 4 nitrogen and oxygen atoms in total. The van der Waals surface area contributed by atoms with Crippen LogP contribution in [0.2, 0.25) is 4.34 Å². The van der Waals surface area contributed by atoms with Gasteiger partial charge in [-0.1, -0.05) is 11.6 Å². The smallest absolute Gasteiger partial charge is 0.149 e. The van der Waals surface area contributed by atoms with Gasteiger partial charge in [0.05, 0.1) is 16.1 Å². The average Bonchev–Trinajstić information content (AvgIpc) is 2.70. The lowest BCUT2D eigenvalue weighted by molar-refractivity contribution is 0.897. The summed E-state index contributed by atoms with van der Waals surface area (Å²) in [5.41, 5.74) is 11.7. The highest BCUT2D eigenvalue weighted by Crippen LogP contribution is 2.29. The van der Waals surface area contributed by atoms with Crippen molar-refractivity contribution in [3.8, 4) is 0 Å². The second-order valence-corrected chi connectivity index (χ2v) is 5.43. The van der Waals surface area contributed by atoms with E-state index in [9.17, 15) is 0 Å². The van der Waals surface area contributed by atoms with Gasteiger partial charge < -0.3 is 16.8 Å². The van der Waals surface area contributed by atoms with Crippen LogP contribution in [0.4, 0.5) is 17.3 Å². The van der Waals surface area contributed by atoms with Crippen LogP contribution in [0.5, 0.6) is 0 Å². The van der Waals surface area contributed by atoms with Crippen molar-refractivity contribution in [2.75, 3.05) is 16.8 Å². The van der Waals surface area contributed by atoms with E-state index in [-0.39, 0.29) is 6.04 Å². The standard InChI is InChI=1S/C11H13ClN4S/c1-6(8-3-4-9(12)17-8)15-10-5-2-7(13)11(14)16-10/h2-6H,13H2,1H3,(H3,14,15,16). The van der Waals surface area contributed by atoms with Crippen molar-refractivity contribution in [3.05, 3.63) is 33.5 Å². The first-order valence-electron chi connectivity index (χ1n) is 5.10. The largest absolute Gasteiger partial charge is 0.396 e. The van der Waals surface area contributed by atoms with E-state index in [1.54, 1.807) is 23.5 Å². The number of hydrogen-bond donors (Lipinski definition) is 3. The number of pyridine rings is 1. The molecule has 0 aliphatic carbocycles.